The molecule has 0 rings (SSSR count). The fourth-order valence-electron chi connectivity index (χ4n) is 0.773. The van der Waals surface area contributed by atoms with Crippen molar-refractivity contribution in [1.82, 2.24) is 5.09 Å². The number of hydrogen-bond acceptors (Lipinski definition) is 3. The molecular formula is C8H18NO3P. The van der Waals surface area contributed by atoms with Crippen LogP contribution in [0.5, 0.6) is 0 Å². The second kappa shape index (κ2) is 4.89. The molecule has 13 heavy (non-hydrogen) atoms. The minimum absolute atomic E-state index is 0.0436. The van der Waals surface area contributed by atoms with E-state index >= 15 is 0 Å². The van der Waals surface area contributed by atoms with Gasteiger partial charge in [0.2, 0.25) is 0 Å². The fourth-order valence-corrected chi connectivity index (χ4v) is 2.32. The van der Waals surface area contributed by atoms with Crippen LogP contribution < -0.4 is 5.09 Å². The van der Waals surface area contributed by atoms with Crippen molar-refractivity contribution in [3.8, 4) is 0 Å². The quantitative estimate of drug-likeness (QED) is 0.698. The molecule has 0 heterocycles. The zero-order valence-electron chi connectivity index (χ0n) is 8.83. The Morgan fingerprint density at radius 3 is 2.08 bits per heavy atom. The van der Waals surface area contributed by atoms with E-state index in [4.69, 9.17) is 4.52 Å². The fraction of sp³-hybridized carbons (Fsp3) is 0.875. The third-order valence-corrected chi connectivity index (χ3v) is 4.58. The first-order valence-corrected chi connectivity index (χ1v) is 5.96. The van der Waals surface area contributed by atoms with Crippen LogP contribution in [-0.4, -0.2) is 24.6 Å². The average Bonchev–Trinajstić information content (AvgIpc) is 2.03. The Morgan fingerprint density at radius 2 is 1.85 bits per heavy atom. The first-order valence-electron chi connectivity index (χ1n) is 4.27. The highest BCUT2D eigenvalue weighted by Gasteiger charge is 2.29. The highest BCUT2D eigenvalue weighted by Crippen LogP contribution is 2.46. The lowest BCUT2D eigenvalue weighted by molar-refractivity contribution is -0.118. The number of rotatable bonds is 5. The van der Waals surface area contributed by atoms with Gasteiger partial charge in [-0.2, -0.15) is 0 Å². The van der Waals surface area contributed by atoms with Crippen molar-refractivity contribution in [1.29, 1.82) is 0 Å². The number of Topliss-reactive ketones (excluding diaryl/α,β-unsaturated/α-hetero) is 1. The van der Waals surface area contributed by atoms with Crippen molar-refractivity contribution in [3.63, 3.8) is 0 Å². The molecule has 0 saturated heterocycles. The van der Waals surface area contributed by atoms with Crippen molar-refractivity contribution >= 4 is 13.3 Å². The summed E-state index contributed by atoms with van der Waals surface area (Å²) < 4.78 is 16.8. The van der Waals surface area contributed by atoms with Crippen molar-refractivity contribution in [2.45, 2.75) is 39.4 Å². The number of carbonyl (C=O) groups is 1. The van der Waals surface area contributed by atoms with E-state index in [0.717, 1.165) is 0 Å². The Labute approximate surface area is 79.6 Å². The smallest absolute Gasteiger partial charge is 0.272 e. The summed E-state index contributed by atoms with van der Waals surface area (Å²) in [5.74, 6) is -0.0436. The Bertz CT molecular complexity index is 227. The van der Waals surface area contributed by atoms with Gasteiger partial charge in [-0.15, -0.1) is 0 Å². The van der Waals surface area contributed by atoms with E-state index < -0.39 is 13.6 Å². The predicted molar refractivity (Wildman–Crippen MR) is 53.0 cm³/mol. The van der Waals surface area contributed by atoms with Crippen LogP contribution >= 0.6 is 7.52 Å². The third kappa shape index (κ3) is 3.59. The molecule has 0 bridgehead atoms. The van der Waals surface area contributed by atoms with E-state index in [1.165, 1.54) is 14.0 Å². The molecule has 0 aromatic carbocycles. The molecule has 0 aliphatic carbocycles. The van der Waals surface area contributed by atoms with E-state index in [1.807, 2.05) is 0 Å². The molecule has 0 aliphatic heterocycles. The molecular weight excluding hydrogens is 189 g/mol. The molecule has 0 aromatic rings. The zero-order valence-corrected chi connectivity index (χ0v) is 9.72. The van der Waals surface area contributed by atoms with Crippen molar-refractivity contribution in [2.75, 3.05) is 7.11 Å². The number of hydrogen-bond donors (Lipinski definition) is 1. The maximum atomic E-state index is 11.9. The Morgan fingerprint density at radius 1 is 1.38 bits per heavy atom. The van der Waals surface area contributed by atoms with E-state index in [2.05, 4.69) is 5.09 Å². The molecule has 0 radical (unpaired) electrons. The standard InChI is InChI=1S/C8H18NO3P/c1-6(2)13(11,12-5)9-7(3)8(4)10/h6-7H,1-5H3,(H,9,11)/t7-,13?/m1/s1. The summed E-state index contributed by atoms with van der Waals surface area (Å²) in [5.41, 5.74) is -0.126. The topological polar surface area (TPSA) is 55.4 Å². The molecule has 0 aliphatic rings. The number of carbonyl (C=O) groups excluding carboxylic acids is 1. The van der Waals surface area contributed by atoms with Crippen molar-refractivity contribution < 1.29 is 13.9 Å². The number of ketones is 1. The van der Waals surface area contributed by atoms with Gasteiger partial charge in [0.25, 0.3) is 7.52 Å². The molecule has 0 saturated carbocycles. The van der Waals surface area contributed by atoms with Crippen molar-refractivity contribution in [3.05, 3.63) is 0 Å². The highest BCUT2D eigenvalue weighted by molar-refractivity contribution is 7.57. The second-order valence-electron chi connectivity index (χ2n) is 3.33. The molecule has 0 spiro atoms. The lowest BCUT2D eigenvalue weighted by Gasteiger charge is -2.23. The largest absolute Gasteiger partial charge is 0.321 e. The molecule has 0 amide bonds. The first kappa shape index (κ1) is 12.8. The second-order valence-corrected chi connectivity index (χ2v) is 6.18. The zero-order chi connectivity index (χ0) is 10.6. The van der Waals surface area contributed by atoms with Crippen LogP contribution in [0.1, 0.15) is 27.7 Å². The molecule has 0 fully saturated rings. The van der Waals surface area contributed by atoms with Crippen molar-refractivity contribution in [2.24, 2.45) is 0 Å². The molecule has 0 aromatic heterocycles. The van der Waals surface area contributed by atoms with Gasteiger partial charge in [0.1, 0.15) is 5.78 Å². The maximum Gasteiger partial charge on any atom is 0.272 e. The van der Waals surface area contributed by atoms with Gasteiger partial charge >= 0.3 is 0 Å². The Kier molecular flexibility index (Phi) is 4.82. The lowest BCUT2D eigenvalue weighted by atomic mass is 10.3. The van der Waals surface area contributed by atoms with E-state index in [9.17, 15) is 9.36 Å². The minimum Gasteiger partial charge on any atom is -0.321 e. The maximum absolute atomic E-state index is 11.9. The van der Waals surface area contributed by atoms with Crippen LogP contribution in [0.25, 0.3) is 0 Å². The van der Waals surface area contributed by atoms with Gasteiger partial charge in [-0.1, -0.05) is 13.8 Å². The molecule has 5 heteroatoms. The first-order chi connectivity index (χ1) is 5.83. The third-order valence-electron chi connectivity index (χ3n) is 1.93. The van der Waals surface area contributed by atoms with Gasteiger partial charge < -0.3 is 4.52 Å². The summed E-state index contributed by atoms with van der Waals surface area (Å²) in [5, 5.41) is 2.73. The monoisotopic (exact) mass is 207 g/mol. The Balaban J connectivity index is 4.46. The van der Waals surface area contributed by atoms with E-state index in [-0.39, 0.29) is 11.4 Å². The van der Waals surface area contributed by atoms with E-state index in [0.29, 0.717) is 0 Å². The summed E-state index contributed by atoms with van der Waals surface area (Å²) in [7, 11) is -1.46. The lowest BCUT2D eigenvalue weighted by Crippen LogP contribution is -2.32. The van der Waals surface area contributed by atoms with Gasteiger partial charge in [-0.3, -0.25) is 9.36 Å². The minimum atomic E-state index is -2.85. The van der Waals surface area contributed by atoms with Gasteiger partial charge in [0.15, 0.2) is 0 Å². The van der Waals surface area contributed by atoms with Crippen LogP contribution in [0.15, 0.2) is 0 Å². The molecule has 4 nitrogen and oxygen atoms in total. The number of nitrogens with one attached hydrogen (secondary N) is 1. The summed E-state index contributed by atoms with van der Waals surface area (Å²) in [6, 6.07) is -0.423. The predicted octanol–water partition coefficient (Wildman–Crippen LogP) is 1.80. The SMILES string of the molecule is COP(=O)(N[C@H](C)C(C)=O)C(C)C. The molecule has 1 N–H and O–H groups in total. The average molecular weight is 207 g/mol. The van der Waals surface area contributed by atoms with Crippen LogP contribution in [0.4, 0.5) is 0 Å². The van der Waals surface area contributed by atoms with Gasteiger partial charge in [0, 0.05) is 12.8 Å². The summed E-state index contributed by atoms with van der Waals surface area (Å²) in [6.07, 6.45) is 0. The normalized spacial score (nSPS) is 18.3. The van der Waals surface area contributed by atoms with Crippen LogP contribution in [0.2, 0.25) is 0 Å². The van der Waals surface area contributed by atoms with Crippen LogP contribution in [0, 0.1) is 0 Å². The van der Waals surface area contributed by atoms with E-state index in [1.54, 1.807) is 20.8 Å². The van der Waals surface area contributed by atoms with Crippen LogP contribution in [-0.2, 0) is 13.9 Å². The van der Waals surface area contributed by atoms with Crippen LogP contribution in [0.3, 0.4) is 0 Å². The summed E-state index contributed by atoms with van der Waals surface area (Å²) in [6.45, 7) is 6.72. The molecule has 2 atom stereocenters. The highest BCUT2D eigenvalue weighted by atomic mass is 31.2. The molecule has 78 valence electrons. The van der Waals surface area contributed by atoms with Gasteiger partial charge in [-0.25, -0.2) is 5.09 Å². The molecule has 1 unspecified atom stereocenters. The van der Waals surface area contributed by atoms with Gasteiger partial charge in [0.05, 0.1) is 6.04 Å². The summed E-state index contributed by atoms with van der Waals surface area (Å²) in [4.78, 5) is 10.9. The Hall–Kier alpha value is -0.180. The van der Waals surface area contributed by atoms with Gasteiger partial charge in [-0.05, 0) is 13.8 Å². The summed E-state index contributed by atoms with van der Waals surface area (Å²) >= 11 is 0.